The first kappa shape index (κ1) is 15.4. The van der Waals surface area contributed by atoms with Crippen molar-refractivity contribution in [2.24, 2.45) is 0 Å². The number of nitrogens with zero attached hydrogens (tertiary/aromatic N) is 2. The minimum atomic E-state index is -4.33. The molecule has 0 unspecified atom stereocenters. The van der Waals surface area contributed by atoms with E-state index < -0.39 is 11.7 Å². The minimum Gasteiger partial charge on any atom is -0.306 e. The fourth-order valence-corrected chi connectivity index (χ4v) is 2.70. The van der Waals surface area contributed by atoms with Gasteiger partial charge in [0.05, 0.1) is 11.3 Å². The van der Waals surface area contributed by atoms with Crippen LogP contribution in [0.4, 0.5) is 13.2 Å². The molecule has 2 aromatic carbocycles. The maximum absolute atomic E-state index is 12.7. The van der Waals surface area contributed by atoms with Crippen LogP contribution in [0, 0.1) is 6.07 Å². The Morgan fingerprint density at radius 2 is 1.60 bits per heavy atom. The molecule has 123 valence electrons. The summed E-state index contributed by atoms with van der Waals surface area (Å²) in [6.07, 6.45) is -0.577. The predicted molar refractivity (Wildman–Crippen MR) is 89.9 cm³/mol. The Labute approximate surface area is 142 Å². The molecule has 0 spiro atoms. The average Bonchev–Trinajstić information content (AvgIpc) is 3.05. The summed E-state index contributed by atoms with van der Waals surface area (Å²) in [7, 11) is 0. The van der Waals surface area contributed by atoms with Gasteiger partial charge < -0.3 is 4.40 Å². The number of halogens is 3. The van der Waals surface area contributed by atoms with E-state index >= 15 is 0 Å². The number of benzene rings is 2. The van der Waals surface area contributed by atoms with Crippen LogP contribution in [-0.4, -0.2) is 9.38 Å². The third kappa shape index (κ3) is 3.01. The number of aromatic nitrogens is 2. The van der Waals surface area contributed by atoms with E-state index in [1.54, 1.807) is 0 Å². The second-order valence-corrected chi connectivity index (χ2v) is 5.68. The Bertz CT molecular complexity index is 1020. The van der Waals surface area contributed by atoms with Crippen LogP contribution in [0.15, 0.2) is 73.1 Å². The van der Waals surface area contributed by atoms with Crippen LogP contribution < -0.4 is 0 Å². The van der Waals surface area contributed by atoms with Crippen molar-refractivity contribution in [2.75, 3.05) is 0 Å². The van der Waals surface area contributed by atoms with E-state index in [9.17, 15) is 13.2 Å². The molecule has 0 bridgehead atoms. The Hall–Kier alpha value is -3.08. The molecule has 4 rings (SSSR count). The van der Waals surface area contributed by atoms with Crippen molar-refractivity contribution < 1.29 is 13.2 Å². The molecule has 2 heterocycles. The lowest BCUT2D eigenvalue weighted by atomic mass is 10.1. The molecule has 0 fully saturated rings. The summed E-state index contributed by atoms with van der Waals surface area (Å²) in [6, 6.07) is 19.6. The zero-order valence-corrected chi connectivity index (χ0v) is 13.0. The number of alkyl halides is 3. The zero-order chi connectivity index (χ0) is 17.4. The van der Waals surface area contributed by atoms with Crippen LogP contribution in [0.1, 0.15) is 5.56 Å². The van der Waals surface area contributed by atoms with Crippen molar-refractivity contribution in [1.29, 1.82) is 0 Å². The highest BCUT2D eigenvalue weighted by molar-refractivity contribution is 5.67. The zero-order valence-electron chi connectivity index (χ0n) is 13.0. The van der Waals surface area contributed by atoms with Crippen molar-refractivity contribution in [3.8, 4) is 22.4 Å². The predicted octanol–water partition coefficient (Wildman–Crippen LogP) is 5.49. The topological polar surface area (TPSA) is 17.3 Å². The highest BCUT2D eigenvalue weighted by Crippen LogP contribution is 2.31. The molecule has 5 heteroatoms. The molecule has 0 saturated carbocycles. The fourth-order valence-electron chi connectivity index (χ4n) is 2.70. The van der Waals surface area contributed by atoms with Gasteiger partial charge in [0.25, 0.3) is 0 Å². The van der Waals surface area contributed by atoms with Crippen LogP contribution in [0.5, 0.6) is 0 Å². The summed E-state index contributed by atoms with van der Waals surface area (Å²) in [5.41, 5.74) is 3.40. The lowest BCUT2D eigenvalue weighted by Gasteiger charge is -2.06. The molecule has 0 amide bonds. The molecular weight excluding hydrogens is 325 g/mol. The smallest absolute Gasteiger partial charge is 0.306 e. The van der Waals surface area contributed by atoms with E-state index in [0.717, 1.165) is 28.9 Å². The van der Waals surface area contributed by atoms with E-state index in [1.165, 1.54) is 12.1 Å². The minimum absolute atomic E-state index is 0.630. The summed E-state index contributed by atoms with van der Waals surface area (Å²) < 4.78 is 39.9. The summed E-state index contributed by atoms with van der Waals surface area (Å²) in [4.78, 5) is 4.48. The molecule has 0 atom stereocenters. The molecule has 0 N–H and O–H groups in total. The van der Waals surface area contributed by atoms with Gasteiger partial charge in [-0.15, -0.1) is 0 Å². The first-order chi connectivity index (χ1) is 12.0. The van der Waals surface area contributed by atoms with Gasteiger partial charge in [0.1, 0.15) is 5.65 Å². The molecule has 0 aliphatic heterocycles. The van der Waals surface area contributed by atoms with E-state index in [0.29, 0.717) is 11.3 Å². The largest absolute Gasteiger partial charge is 0.416 e. The van der Waals surface area contributed by atoms with Crippen molar-refractivity contribution in [3.05, 3.63) is 84.7 Å². The average molecular weight is 337 g/mol. The van der Waals surface area contributed by atoms with Crippen molar-refractivity contribution in [3.63, 3.8) is 0 Å². The Morgan fingerprint density at radius 1 is 0.840 bits per heavy atom. The van der Waals surface area contributed by atoms with E-state index in [-0.39, 0.29) is 0 Å². The van der Waals surface area contributed by atoms with Gasteiger partial charge in [-0.05, 0) is 47.5 Å². The Morgan fingerprint density at radius 3 is 2.28 bits per heavy atom. The first-order valence-electron chi connectivity index (χ1n) is 7.63. The third-order valence-electron chi connectivity index (χ3n) is 4.00. The highest BCUT2D eigenvalue weighted by atomic mass is 19.4. The molecule has 0 saturated heterocycles. The molecule has 1 radical (unpaired) electrons. The second-order valence-electron chi connectivity index (χ2n) is 5.68. The van der Waals surface area contributed by atoms with Crippen LogP contribution in [0.3, 0.4) is 0 Å². The number of fused-ring (bicyclic) bond motifs is 1. The lowest BCUT2D eigenvalue weighted by molar-refractivity contribution is -0.137. The van der Waals surface area contributed by atoms with Gasteiger partial charge in [-0.25, -0.2) is 4.98 Å². The third-order valence-corrected chi connectivity index (χ3v) is 4.00. The van der Waals surface area contributed by atoms with E-state index in [2.05, 4.69) is 11.1 Å². The van der Waals surface area contributed by atoms with Gasteiger partial charge in [0.2, 0.25) is 0 Å². The summed E-state index contributed by atoms with van der Waals surface area (Å²) >= 11 is 0. The number of hydrogen-bond donors (Lipinski definition) is 0. The van der Waals surface area contributed by atoms with Crippen LogP contribution in [0.2, 0.25) is 0 Å². The van der Waals surface area contributed by atoms with Gasteiger partial charge in [-0.2, -0.15) is 13.2 Å². The standard InChI is InChI=1S/C20H12F3N2/c21-20(22,23)17-9-6-15(7-10-17)18-13-25-12-16(8-11-19(25)24-18)14-4-2-1-3-5-14/h1-2,4-13H. The molecule has 25 heavy (non-hydrogen) atoms. The molecule has 4 aromatic rings. The van der Waals surface area contributed by atoms with Gasteiger partial charge in [-0.3, -0.25) is 0 Å². The van der Waals surface area contributed by atoms with Crippen molar-refractivity contribution in [1.82, 2.24) is 9.38 Å². The van der Waals surface area contributed by atoms with Gasteiger partial charge in [0, 0.05) is 18.0 Å². The van der Waals surface area contributed by atoms with E-state index in [1.807, 2.05) is 53.2 Å². The Balaban J connectivity index is 1.72. The number of rotatable bonds is 2. The van der Waals surface area contributed by atoms with Crippen LogP contribution >= 0.6 is 0 Å². The number of pyridine rings is 1. The maximum atomic E-state index is 12.7. The second kappa shape index (κ2) is 5.77. The van der Waals surface area contributed by atoms with Gasteiger partial charge in [-0.1, -0.05) is 30.3 Å². The van der Waals surface area contributed by atoms with E-state index in [4.69, 9.17) is 0 Å². The summed E-state index contributed by atoms with van der Waals surface area (Å²) in [6.45, 7) is 0. The maximum Gasteiger partial charge on any atom is 0.416 e. The number of imidazole rings is 1. The number of hydrogen-bond acceptors (Lipinski definition) is 1. The summed E-state index contributed by atoms with van der Waals surface area (Å²) in [5, 5.41) is 0. The van der Waals surface area contributed by atoms with Crippen molar-refractivity contribution in [2.45, 2.75) is 6.18 Å². The first-order valence-corrected chi connectivity index (χ1v) is 7.63. The van der Waals surface area contributed by atoms with Gasteiger partial charge in [0.15, 0.2) is 0 Å². The lowest BCUT2D eigenvalue weighted by Crippen LogP contribution is -2.03. The molecular formula is C20H12F3N2. The highest BCUT2D eigenvalue weighted by Gasteiger charge is 2.30. The SMILES string of the molecule is FC(F)(F)c1ccc(-c2cn3cc(-c4c[c]ccc4)ccc3n2)cc1. The normalized spacial score (nSPS) is 11.8. The fraction of sp³-hybridized carbons (Fsp3) is 0.0500. The quantitative estimate of drug-likeness (QED) is 0.473. The van der Waals surface area contributed by atoms with Gasteiger partial charge >= 0.3 is 6.18 Å². The molecule has 2 nitrogen and oxygen atoms in total. The van der Waals surface area contributed by atoms with Crippen molar-refractivity contribution >= 4 is 5.65 Å². The molecule has 0 aliphatic rings. The van der Waals surface area contributed by atoms with Crippen LogP contribution in [-0.2, 0) is 6.18 Å². The van der Waals surface area contributed by atoms with Crippen LogP contribution in [0.25, 0.3) is 28.0 Å². The summed E-state index contributed by atoms with van der Waals surface area (Å²) in [5.74, 6) is 0. The molecule has 2 aromatic heterocycles. The molecule has 0 aliphatic carbocycles. The Kier molecular flexibility index (Phi) is 3.57. The monoisotopic (exact) mass is 337 g/mol.